The van der Waals surface area contributed by atoms with E-state index in [1.54, 1.807) is 30.3 Å². The van der Waals surface area contributed by atoms with Crippen LogP contribution in [0.1, 0.15) is 0 Å². The van der Waals surface area contributed by atoms with Crippen molar-refractivity contribution < 1.29 is 19.7 Å². The summed E-state index contributed by atoms with van der Waals surface area (Å²) in [4.78, 5) is 0. The summed E-state index contributed by atoms with van der Waals surface area (Å²) in [6.07, 6.45) is -2.60. The van der Waals surface area contributed by atoms with Gasteiger partial charge < -0.3 is 20.5 Å². The second-order valence-electron chi connectivity index (χ2n) is 4.16. The number of hydrogen-bond acceptors (Lipinski definition) is 6. The molecular weight excluding hydrogens is 248 g/mol. The standard InChI is InChI=1S/C13H12N2O4/c14-8-1-3-9(4-2-8)15-10-5-6-11-12(7-10)19-13(16,17)18-11/h1-7,15-17H,14H2. The minimum Gasteiger partial charge on any atom is -0.403 e. The molecule has 0 saturated carbocycles. The first-order valence-corrected chi connectivity index (χ1v) is 5.61. The zero-order chi connectivity index (χ0) is 13.5. The van der Waals surface area contributed by atoms with Crippen molar-refractivity contribution in [3.8, 4) is 11.5 Å². The molecule has 0 saturated heterocycles. The van der Waals surface area contributed by atoms with Crippen LogP contribution in [0, 0.1) is 0 Å². The SMILES string of the molecule is Nc1ccc(Nc2ccc3c(c2)OC(O)(O)O3)cc1. The summed E-state index contributed by atoms with van der Waals surface area (Å²) < 4.78 is 9.58. The quantitative estimate of drug-likeness (QED) is 0.481. The zero-order valence-corrected chi connectivity index (χ0v) is 9.83. The summed E-state index contributed by atoms with van der Waals surface area (Å²) in [5.41, 5.74) is 7.87. The van der Waals surface area contributed by atoms with Crippen molar-refractivity contribution in [2.24, 2.45) is 0 Å². The minimum atomic E-state index is -2.60. The van der Waals surface area contributed by atoms with Gasteiger partial charge in [-0.2, -0.15) is 0 Å². The Balaban J connectivity index is 1.82. The van der Waals surface area contributed by atoms with Crippen LogP contribution < -0.4 is 20.5 Å². The molecule has 6 heteroatoms. The van der Waals surface area contributed by atoms with Crippen LogP contribution in [0.5, 0.6) is 11.5 Å². The molecule has 0 amide bonds. The molecule has 0 atom stereocenters. The number of ether oxygens (including phenoxy) is 2. The Bertz CT molecular complexity index is 611. The number of hydrogen-bond donors (Lipinski definition) is 4. The lowest BCUT2D eigenvalue weighted by atomic mass is 10.2. The van der Waals surface area contributed by atoms with Gasteiger partial charge in [0.15, 0.2) is 11.5 Å². The first kappa shape index (κ1) is 11.6. The highest BCUT2D eigenvalue weighted by molar-refractivity contribution is 5.65. The third-order valence-corrected chi connectivity index (χ3v) is 2.63. The number of nitrogen functional groups attached to an aromatic ring is 1. The molecule has 0 spiro atoms. The molecule has 19 heavy (non-hydrogen) atoms. The third kappa shape index (κ3) is 2.40. The summed E-state index contributed by atoms with van der Waals surface area (Å²) in [6, 6.07) is 12.2. The molecule has 6 nitrogen and oxygen atoms in total. The number of nitrogens with two attached hydrogens (primary N) is 1. The Morgan fingerprint density at radius 3 is 2.26 bits per heavy atom. The van der Waals surface area contributed by atoms with E-state index in [9.17, 15) is 10.2 Å². The maximum Gasteiger partial charge on any atom is 0.505 e. The average Bonchev–Trinajstić information content (AvgIpc) is 2.65. The highest BCUT2D eigenvalue weighted by Crippen LogP contribution is 2.39. The van der Waals surface area contributed by atoms with Gasteiger partial charge in [-0.1, -0.05) is 0 Å². The van der Waals surface area contributed by atoms with Gasteiger partial charge in [-0.3, -0.25) is 10.2 Å². The number of aliphatic hydroxyl groups is 2. The van der Waals surface area contributed by atoms with Gasteiger partial charge >= 0.3 is 6.16 Å². The van der Waals surface area contributed by atoms with Crippen LogP contribution in [0.4, 0.5) is 17.1 Å². The van der Waals surface area contributed by atoms with Gasteiger partial charge in [-0.15, -0.1) is 0 Å². The van der Waals surface area contributed by atoms with Gasteiger partial charge in [0.1, 0.15) is 0 Å². The molecule has 0 bridgehead atoms. The number of rotatable bonds is 2. The topological polar surface area (TPSA) is 97.0 Å². The van der Waals surface area contributed by atoms with Crippen molar-refractivity contribution in [1.82, 2.24) is 0 Å². The van der Waals surface area contributed by atoms with Gasteiger partial charge in [0, 0.05) is 23.1 Å². The van der Waals surface area contributed by atoms with Gasteiger partial charge in [0.05, 0.1) is 0 Å². The van der Waals surface area contributed by atoms with E-state index in [0.717, 1.165) is 11.4 Å². The number of nitrogens with one attached hydrogen (secondary N) is 1. The Morgan fingerprint density at radius 1 is 0.895 bits per heavy atom. The molecule has 2 aromatic rings. The van der Waals surface area contributed by atoms with E-state index in [-0.39, 0.29) is 11.5 Å². The summed E-state index contributed by atoms with van der Waals surface area (Å²) in [5, 5.41) is 21.5. The molecule has 2 aromatic carbocycles. The van der Waals surface area contributed by atoms with E-state index in [0.29, 0.717) is 5.69 Å². The van der Waals surface area contributed by atoms with Crippen LogP contribution in [0.25, 0.3) is 0 Å². The number of benzene rings is 2. The molecule has 3 rings (SSSR count). The molecule has 98 valence electrons. The number of fused-ring (bicyclic) bond motifs is 1. The molecule has 0 aliphatic carbocycles. The maximum absolute atomic E-state index is 9.20. The monoisotopic (exact) mass is 260 g/mol. The van der Waals surface area contributed by atoms with Crippen molar-refractivity contribution in [2.75, 3.05) is 11.1 Å². The summed E-state index contributed by atoms with van der Waals surface area (Å²) in [5.74, 6) is 0.526. The van der Waals surface area contributed by atoms with Gasteiger partial charge in [-0.25, -0.2) is 0 Å². The molecule has 0 unspecified atom stereocenters. The van der Waals surface area contributed by atoms with Crippen molar-refractivity contribution in [2.45, 2.75) is 6.16 Å². The minimum absolute atomic E-state index is 0.255. The average molecular weight is 260 g/mol. The lowest BCUT2D eigenvalue weighted by Gasteiger charge is -2.10. The molecule has 0 fully saturated rings. The van der Waals surface area contributed by atoms with Crippen LogP contribution in [0.3, 0.4) is 0 Å². The van der Waals surface area contributed by atoms with Crippen molar-refractivity contribution in [3.63, 3.8) is 0 Å². The highest BCUT2D eigenvalue weighted by Gasteiger charge is 2.38. The van der Waals surface area contributed by atoms with Crippen LogP contribution in [-0.2, 0) is 0 Å². The van der Waals surface area contributed by atoms with Crippen LogP contribution in [-0.4, -0.2) is 16.4 Å². The van der Waals surface area contributed by atoms with Crippen LogP contribution in [0.15, 0.2) is 42.5 Å². The van der Waals surface area contributed by atoms with Crippen molar-refractivity contribution in [1.29, 1.82) is 0 Å². The third-order valence-electron chi connectivity index (χ3n) is 2.63. The smallest absolute Gasteiger partial charge is 0.403 e. The predicted molar refractivity (Wildman–Crippen MR) is 69.0 cm³/mol. The first-order valence-electron chi connectivity index (χ1n) is 5.61. The lowest BCUT2D eigenvalue weighted by molar-refractivity contribution is -0.385. The molecule has 1 heterocycles. The Labute approximate surface area is 109 Å². The van der Waals surface area contributed by atoms with E-state index in [2.05, 4.69) is 5.32 Å². The fourth-order valence-electron chi connectivity index (χ4n) is 1.79. The molecule has 1 aliphatic heterocycles. The summed E-state index contributed by atoms with van der Waals surface area (Å²) >= 11 is 0. The molecule has 1 aliphatic rings. The Kier molecular flexibility index (Phi) is 2.48. The fraction of sp³-hybridized carbons (Fsp3) is 0.0769. The fourth-order valence-corrected chi connectivity index (χ4v) is 1.79. The Morgan fingerprint density at radius 2 is 1.53 bits per heavy atom. The van der Waals surface area contributed by atoms with Gasteiger partial charge in [-0.05, 0) is 36.4 Å². The maximum atomic E-state index is 9.20. The van der Waals surface area contributed by atoms with Crippen LogP contribution in [0.2, 0.25) is 0 Å². The largest absolute Gasteiger partial charge is 0.505 e. The van der Waals surface area contributed by atoms with E-state index in [1.807, 2.05) is 12.1 Å². The predicted octanol–water partition coefficient (Wildman–Crippen LogP) is 1.38. The normalized spacial score (nSPS) is 15.3. The first-order chi connectivity index (χ1) is 9.02. The van der Waals surface area contributed by atoms with Gasteiger partial charge in [0.25, 0.3) is 0 Å². The summed E-state index contributed by atoms with van der Waals surface area (Å²) in [6.45, 7) is 0. The van der Waals surface area contributed by atoms with E-state index >= 15 is 0 Å². The molecule has 5 N–H and O–H groups in total. The van der Waals surface area contributed by atoms with Crippen molar-refractivity contribution >= 4 is 17.1 Å². The van der Waals surface area contributed by atoms with E-state index in [4.69, 9.17) is 15.2 Å². The second-order valence-corrected chi connectivity index (χ2v) is 4.16. The lowest BCUT2D eigenvalue weighted by Crippen LogP contribution is -2.37. The second kappa shape index (κ2) is 4.04. The molecule has 0 radical (unpaired) electrons. The highest BCUT2D eigenvalue weighted by atomic mass is 17.0. The van der Waals surface area contributed by atoms with Crippen molar-refractivity contribution in [3.05, 3.63) is 42.5 Å². The zero-order valence-electron chi connectivity index (χ0n) is 9.83. The molecular formula is C13H12N2O4. The summed E-state index contributed by atoms with van der Waals surface area (Å²) in [7, 11) is 0. The van der Waals surface area contributed by atoms with Gasteiger partial charge in [0.2, 0.25) is 0 Å². The molecule has 0 aromatic heterocycles. The van der Waals surface area contributed by atoms with E-state index < -0.39 is 6.16 Å². The number of anilines is 3. The van der Waals surface area contributed by atoms with E-state index in [1.165, 1.54) is 0 Å². The van der Waals surface area contributed by atoms with Crippen LogP contribution >= 0.6 is 0 Å². The Hall–Kier alpha value is -2.44.